The molecule has 1 aromatic heterocycles. The normalized spacial score (nSPS) is 19.3. The van der Waals surface area contributed by atoms with Crippen molar-refractivity contribution in [3.05, 3.63) is 23.9 Å². The zero-order valence-electron chi connectivity index (χ0n) is 15.2. The topological polar surface area (TPSA) is 54.9 Å². The highest BCUT2D eigenvalue weighted by Crippen LogP contribution is 2.24. The second-order valence-corrected chi connectivity index (χ2v) is 6.85. The van der Waals surface area contributed by atoms with Gasteiger partial charge in [-0.15, -0.1) is 0 Å². The molecule has 1 aromatic rings. The minimum absolute atomic E-state index is 0.0736. The largest absolute Gasteiger partial charge is 0.478 e. The monoisotopic (exact) mass is 347 g/mol. The van der Waals surface area contributed by atoms with Crippen LogP contribution in [-0.2, 0) is 4.74 Å². The van der Waals surface area contributed by atoms with Crippen LogP contribution in [0.4, 0.5) is 0 Å². The first-order valence-electron chi connectivity index (χ1n) is 9.39. The van der Waals surface area contributed by atoms with Gasteiger partial charge in [-0.3, -0.25) is 9.69 Å². The van der Waals surface area contributed by atoms with E-state index in [-0.39, 0.29) is 5.91 Å². The third kappa shape index (κ3) is 4.92. The summed E-state index contributed by atoms with van der Waals surface area (Å²) in [4.78, 5) is 21.4. The molecule has 2 fully saturated rings. The Bertz CT molecular complexity index is 535. The summed E-state index contributed by atoms with van der Waals surface area (Å²) in [6.45, 7) is 4.84. The molecule has 3 rings (SSSR count). The lowest BCUT2D eigenvalue weighted by Crippen LogP contribution is -2.51. The number of rotatable bonds is 7. The predicted molar refractivity (Wildman–Crippen MR) is 96.0 cm³/mol. The van der Waals surface area contributed by atoms with E-state index in [0.29, 0.717) is 24.7 Å². The molecular weight excluding hydrogens is 318 g/mol. The van der Waals surface area contributed by atoms with Crippen LogP contribution in [0.25, 0.3) is 0 Å². The molecule has 0 aromatic carbocycles. The van der Waals surface area contributed by atoms with Gasteiger partial charge in [0.1, 0.15) is 0 Å². The third-order valence-electron chi connectivity index (χ3n) is 5.17. The standard InChI is InChI=1S/C19H29N3O3/c1-24-13-4-14-25-18-8-7-16(15-20-18)19(23)22-11-9-21(10-12-22)17-5-2-3-6-17/h7-8,15,17H,2-6,9-14H2,1H3. The molecule has 0 atom stereocenters. The third-order valence-corrected chi connectivity index (χ3v) is 5.17. The second kappa shape index (κ2) is 9.15. The summed E-state index contributed by atoms with van der Waals surface area (Å²) in [5, 5.41) is 0. The molecule has 1 amide bonds. The zero-order chi connectivity index (χ0) is 17.5. The Balaban J connectivity index is 1.46. The van der Waals surface area contributed by atoms with Crippen molar-refractivity contribution in [3.8, 4) is 5.88 Å². The number of pyridine rings is 1. The Morgan fingerprint density at radius 1 is 1.16 bits per heavy atom. The highest BCUT2D eigenvalue weighted by molar-refractivity contribution is 5.94. The van der Waals surface area contributed by atoms with Crippen LogP contribution in [0.1, 0.15) is 42.5 Å². The molecule has 6 heteroatoms. The first-order chi connectivity index (χ1) is 12.3. The number of aromatic nitrogens is 1. The number of ether oxygens (including phenoxy) is 2. The lowest BCUT2D eigenvalue weighted by atomic mass is 10.1. The minimum atomic E-state index is 0.0736. The fourth-order valence-electron chi connectivity index (χ4n) is 3.71. The fraction of sp³-hybridized carbons (Fsp3) is 0.684. The highest BCUT2D eigenvalue weighted by atomic mass is 16.5. The Labute approximate surface area is 150 Å². The molecule has 0 N–H and O–H groups in total. The van der Waals surface area contributed by atoms with Crippen molar-refractivity contribution in [2.45, 2.75) is 38.1 Å². The second-order valence-electron chi connectivity index (χ2n) is 6.85. The molecule has 0 spiro atoms. The van der Waals surface area contributed by atoms with Crippen LogP contribution in [0.5, 0.6) is 5.88 Å². The summed E-state index contributed by atoms with van der Waals surface area (Å²) in [6, 6.07) is 4.33. The van der Waals surface area contributed by atoms with Crippen molar-refractivity contribution in [3.63, 3.8) is 0 Å². The summed E-state index contributed by atoms with van der Waals surface area (Å²) < 4.78 is 10.5. The lowest BCUT2D eigenvalue weighted by molar-refractivity contribution is 0.0573. The Morgan fingerprint density at radius 3 is 2.56 bits per heavy atom. The summed E-state index contributed by atoms with van der Waals surface area (Å²) >= 11 is 0. The molecule has 1 aliphatic carbocycles. The number of hydrogen-bond donors (Lipinski definition) is 0. The molecule has 138 valence electrons. The van der Waals surface area contributed by atoms with Gasteiger partial charge in [-0.05, 0) is 18.9 Å². The molecular formula is C19H29N3O3. The first kappa shape index (κ1) is 18.1. The Morgan fingerprint density at radius 2 is 1.92 bits per heavy atom. The predicted octanol–water partition coefficient (Wildman–Crippen LogP) is 2.20. The number of carbonyl (C=O) groups excluding carboxylic acids is 1. The van der Waals surface area contributed by atoms with Gasteiger partial charge in [-0.25, -0.2) is 4.98 Å². The summed E-state index contributed by atoms with van der Waals surface area (Å²) in [5.41, 5.74) is 0.638. The van der Waals surface area contributed by atoms with Gasteiger partial charge in [0.15, 0.2) is 0 Å². The molecule has 2 heterocycles. The first-order valence-corrected chi connectivity index (χ1v) is 9.39. The van der Waals surface area contributed by atoms with Crippen molar-refractivity contribution >= 4 is 5.91 Å². The lowest BCUT2D eigenvalue weighted by Gasteiger charge is -2.38. The van der Waals surface area contributed by atoms with Crippen molar-refractivity contribution in [1.82, 2.24) is 14.8 Å². The van der Waals surface area contributed by atoms with Gasteiger partial charge in [-0.2, -0.15) is 0 Å². The van der Waals surface area contributed by atoms with Crippen LogP contribution in [0.3, 0.4) is 0 Å². The highest BCUT2D eigenvalue weighted by Gasteiger charge is 2.28. The van der Waals surface area contributed by atoms with Crippen LogP contribution in [0.2, 0.25) is 0 Å². The van der Waals surface area contributed by atoms with Gasteiger partial charge in [0.2, 0.25) is 5.88 Å². The average molecular weight is 347 g/mol. The van der Waals surface area contributed by atoms with E-state index in [1.54, 1.807) is 19.4 Å². The smallest absolute Gasteiger partial charge is 0.255 e. The molecule has 25 heavy (non-hydrogen) atoms. The van der Waals surface area contributed by atoms with E-state index in [1.807, 2.05) is 11.0 Å². The van der Waals surface area contributed by atoms with Crippen LogP contribution >= 0.6 is 0 Å². The molecule has 1 aliphatic heterocycles. The molecule has 0 bridgehead atoms. The minimum Gasteiger partial charge on any atom is -0.478 e. The number of carbonyl (C=O) groups is 1. The Hall–Kier alpha value is -1.66. The molecule has 1 saturated heterocycles. The number of methoxy groups -OCH3 is 1. The van der Waals surface area contributed by atoms with Gasteiger partial charge in [0, 0.05) is 64.6 Å². The van der Waals surface area contributed by atoms with Crippen molar-refractivity contribution in [2.75, 3.05) is 46.5 Å². The maximum absolute atomic E-state index is 12.6. The SMILES string of the molecule is COCCCOc1ccc(C(=O)N2CCN(C3CCCC3)CC2)cn1. The molecule has 2 aliphatic rings. The molecule has 1 saturated carbocycles. The van der Waals surface area contributed by atoms with Crippen molar-refractivity contribution < 1.29 is 14.3 Å². The zero-order valence-corrected chi connectivity index (χ0v) is 15.2. The van der Waals surface area contributed by atoms with E-state index in [4.69, 9.17) is 9.47 Å². The Kier molecular flexibility index (Phi) is 6.64. The molecule has 6 nitrogen and oxygen atoms in total. The van der Waals surface area contributed by atoms with Crippen LogP contribution in [0.15, 0.2) is 18.3 Å². The number of piperazine rings is 1. The van der Waals surface area contributed by atoms with Gasteiger partial charge in [-0.1, -0.05) is 12.8 Å². The van der Waals surface area contributed by atoms with Crippen LogP contribution < -0.4 is 4.74 Å². The van der Waals surface area contributed by atoms with Crippen LogP contribution in [0, 0.1) is 0 Å². The van der Waals surface area contributed by atoms with Gasteiger partial charge >= 0.3 is 0 Å². The number of nitrogens with zero attached hydrogens (tertiary/aromatic N) is 3. The summed E-state index contributed by atoms with van der Waals surface area (Å²) in [5.74, 6) is 0.628. The van der Waals surface area contributed by atoms with E-state index in [0.717, 1.165) is 38.6 Å². The number of amides is 1. The van der Waals surface area contributed by atoms with E-state index in [1.165, 1.54) is 25.7 Å². The summed E-state index contributed by atoms with van der Waals surface area (Å²) in [6.07, 6.45) is 7.81. The van der Waals surface area contributed by atoms with E-state index in [9.17, 15) is 4.79 Å². The van der Waals surface area contributed by atoms with Crippen LogP contribution in [-0.4, -0.2) is 73.2 Å². The van der Waals surface area contributed by atoms with Gasteiger partial charge < -0.3 is 14.4 Å². The van der Waals surface area contributed by atoms with E-state index in [2.05, 4.69) is 9.88 Å². The molecule has 0 radical (unpaired) electrons. The van der Waals surface area contributed by atoms with E-state index >= 15 is 0 Å². The van der Waals surface area contributed by atoms with E-state index < -0.39 is 0 Å². The fourth-order valence-corrected chi connectivity index (χ4v) is 3.71. The van der Waals surface area contributed by atoms with Gasteiger partial charge in [0.05, 0.1) is 12.2 Å². The average Bonchev–Trinajstić information content (AvgIpc) is 3.20. The van der Waals surface area contributed by atoms with Gasteiger partial charge in [0.25, 0.3) is 5.91 Å². The maximum atomic E-state index is 12.6. The summed E-state index contributed by atoms with van der Waals surface area (Å²) in [7, 11) is 1.67. The van der Waals surface area contributed by atoms with Crippen molar-refractivity contribution in [1.29, 1.82) is 0 Å². The molecule has 0 unspecified atom stereocenters. The quantitative estimate of drug-likeness (QED) is 0.708. The number of hydrogen-bond acceptors (Lipinski definition) is 5. The van der Waals surface area contributed by atoms with Crippen molar-refractivity contribution in [2.24, 2.45) is 0 Å². The maximum Gasteiger partial charge on any atom is 0.255 e.